The zero-order valence-electron chi connectivity index (χ0n) is 11.6. The van der Waals surface area contributed by atoms with Crippen molar-refractivity contribution in [1.82, 2.24) is 4.57 Å². The summed E-state index contributed by atoms with van der Waals surface area (Å²) < 4.78 is 1.62. The maximum atomic E-state index is 11.9. The first kappa shape index (κ1) is 13.6. The van der Waals surface area contributed by atoms with E-state index in [0.29, 0.717) is 13.0 Å². The molecule has 1 N–H and O–H groups in total. The third kappa shape index (κ3) is 2.50. The fourth-order valence-electron chi connectivity index (χ4n) is 2.65. The SMILES string of the molecule is Cc1c(N2CCCC(C(=O)O)C2)cc(=O)n(C)c1C. The van der Waals surface area contributed by atoms with Crippen molar-refractivity contribution >= 4 is 11.7 Å². The largest absolute Gasteiger partial charge is 0.481 e. The molecular formula is C14H20N2O3. The Bertz CT molecular complexity index is 563. The van der Waals surface area contributed by atoms with Gasteiger partial charge in [0.25, 0.3) is 5.56 Å². The molecule has 2 heterocycles. The molecule has 0 radical (unpaired) electrons. The van der Waals surface area contributed by atoms with E-state index < -0.39 is 5.97 Å². The molecule has 5 heteroatoms. The van der Waals surface area contributed by atoms with Crippen LogP contribution in [0.5, 0.6) is 0 Å². The summed E-state index contributed by atoms with van der Waals surface area (Å²) in [6.07, 6.45) is 1.57. The quantitative estimate of drug-likeness (QED) is 0.874. The van der Waals surface area contributed by atoms with Crippen LogP contribution in [0.2, 0.25) is 0 Å². The molecule has 1 atom stereocenters. The first-order chi connectivity index (χ1) is 8.91. The van der Waals surface area contributed by atoms with E-state index in [4.69, 9.17) is 5.11 Å². The number of aliphatic carboxylic acids is 1. The predicted molar refractivity (Wildman–Crippen MR) is 73.7 cm³/mol. The van der Waals surface area contributed by atoms with Crippen LogP contribution in [0.15, 0.2) is 10.9 Å². The maximum Gasteiger partial charge on any atom is 0.308 e. The van der Waals surface area contributed by atoms with E-state index in [1.807, 2.05) is 18.7 Å². The third-order valence-corrected chi connectivity index (χ3v) is 4.13. The van der Waals surface area contributed by atoms with Crippen molar-refractivity contribution in [2.24, 2.45) is 13.0 Å². The Morgan fingerprint density at radius 2 is 2.11 bits per heavy atom. The summed E-state index contributed by atoms with van der Waals surface area (Å²) in [6.45, 7) is 5.20. The van der Waals surface area contributed by atoms with E-state index in [-0.39, 0.29) is 11.5 Å². The minimum absolute atomic E-state index is 0.0458. The molecule has 0 saturated carbocycles. The molecule has 19 heavy (non-hydrogen) atoms. The van der Waals surface area contributed by atoms with Gasteiger partial charge in [-0.3, -0.25) is 9.59 Å². The number of piperidine rings is 1. The normalized spacial score (nSPS) is 19.5. The number of hydrogen-bond donors (Lipinski definition) is 1. The second-order valence-corrected chi connectivity index (χ2v) is 5.26. The molecule has 1 aliphatic rings. The van der Waals surface area contributed by atoms with Crippen LogP contribution in [0.25, 0.3) is 0 Å². The van der Waals surface area contributed by atoms with Crippen molar-refractivity contribution in [1.29, 1.82) is 0 Å². The average molecular weight is 264 g/mol. The van der Waals surface area contributed by atoms with Gasteiger partial charge in [-0.1, -0.05) is 0 Å². The van der Waals surface area contributed by atoms with Crippen LogP contribution in [0, 0.1) is 19.8 Å². The van der Waals surface area contributed by atoms with Crippen LogP contribution >= 0.6 is 0 Å². The Labute approximate surface area is 112 Å². The van der Waals surface area contributed by atoms with E-state index in [0.717, 1.165) is 29.9 Å². The number of hydrogen-bond acceptors (Lipinski definition) is 3. The van der Waals surface area contributed by atoms with E-state index in [1.54, 1.807) is 17.7 Å². The van der Waals surface area contributed by atoms with Crippen LogP contribution in [-0.4, -0.2) is 28.7 Å². The van der Waals surface area contributed by atoms with Gasteiger partial charge in [0.05, 0.1) is 5.92 Å². The molecule has 0 aliphatic carbocycles. The third-order valence-electron chi connectivity index (χ3n) is 4.13. The van der Waals surface area contributed by atoms with Gasteiger partial charge >= 0.3 is 5.97 Å². The number of carboxylic acid groups (broad SMARTS) is 1. The summed E-state index contributed by atoms with van der Waals surface area (Å²) in [7, 11) is 1.75. The lowest BCUT2D eigenvalue weighted by molar-refractivity contribution is -0.141. The lowest BCUT2D eigenvalue weighted by atomic mass is 9.97. The molecule has 1 aliphatic heterocycles. The Kier molecular flexibility index (Phi) is 3.64. The molecule has 104 valence electrons. The lowest BCUT2D eigenvalue weighted by Crippen LogP contribution is -2.40. The highest BCUT2D eigenvalue weighted by molar-refractivity contribution is 5.71. The van der Waals surface area contributed by atoms with Gasteiger partial charge in [-0.05, 0) is 32.3 Å². The van der Waals surface area contributed by atoms with Gasteiger partial charge in [0.2, 0.25) is 0 Å². The number of pyridine rings is 1. The molecule has 5 nitrogen and oxygen atoms in total. The Hall–Kier alpha value is -1.78. The minimum Gasteiger partial charge on any atom is -0.481 e. The number of anilines is 1. The van der Waals surface area contributed by atoms with Crippen molar-refractivity contribution in [2.75, 3.05) is 18.0 Å². The van der Waals surface area contributed by atoms with Crippen molar-refractivity contribution in [3.8, 4) is 0 Å². The van der Waals surface area contributed by atoms with Crippen molar-refractivity contribution in [3.05, 3.63) is 27.7 Å². The Morgan fingerprint density at radius 3 is 2.74 bits per heavy atom. The number of aromatic nitrogens is 1. The second-order valence-electron chi connectivity index (χ2n) is 5.26. The first-order valence-electron chi connectivity index (χ1n) is 6.56. The molecule has 1 aromatic heterocycles. The van der Waals surface area contributed by atoms with E-state index in [1.165, 1.54) is 0 Å². The summed E-state index contributed by atoms with van der Waals surface area (Å²) in [4.78, 5) is 25.0. The molecule has 0 amide bonds. The topological polar surface area (TPSA) is 62.5 Å². The maximum absolute atomic E-state index is 11.9. The standard InChI is InChI=1S/C14H20N2O3/c1-9-10(2)15(3)13(17)7-12(9)16-6-4-5-11(8-16)14(18)19/h7,11H,4-6,8H2,1-3H3,(H,18,19). The zero-order valence-corrected chi connectivity index (χ0v) is 11.6. The summed E-state index contributed by atoms with van der Waals surface area (Å²) in [6, 6.07) is 1.62. The molecule has 0 spiro atoms. The van der Waals surface area contributed by atoms with Crippen LogP contribution in [0.1, 0.15) is 24.1 Å². The van der Waals surface area contributed by atoms with Crippen LogP contribution in [0.3, 0.4) is 0 Å². The van der Waals surface area contributed by atoms with Crippen molar-refractivity contribution in [2.45, 2.75) is 26.7 Å². The molecule has 0 aromatic carbocycles. The zero-order chi connectivity index (χ0) is 14.2. The van der Waals surface area contributed by atoms with Crippen molar-refractivity contribution in [3.63, 3.8) is 0 Å². The van der Waals surface area contributed by atoms with Crippen LogP contribution in [-0.2, 0) is 11.8 Å². The van der Waals surface area contributed by atoms with E-state index in [2.05, 4.69) is 0 Å². The van der Waals surface area contributed by atoms with Gasteiger partial charge in [0, 0.05) is 37.6 Å². The van der Waals surface area contributed by atoms with Crippen LogP contribution in [0.4, 0.5) is 5.69 Å². The summed E-state index contributed by atoms with van der Waals surface area (Å²) in [5.41, 5.74) is 2.81. The van der Waals surface area contributed by atoms with Crippen LogP contribution < -0.4 is 10.5 Å². The molecule has 1 unspecified atom stereocenters. The molecular weight excluding hydrogens is 244 g/mol. The Morgan fingerprint density at radius 1 is 1.42 bits per heavy atom. The monoisotopic (exact) mass is 264 g/mol. The van der Waals surface area contributed by atoms with Gasteiger partial charge in [-0.15, -0.1) is 0 Å². The van der Waals surface area contributed by atoms with Gasteiger partial charge in [-0.2, -0.15) is 0 Å². The summed E-state index contributed by atoms with van der Waals surface area (Å²) in [5.74, 6) is -1.08. The van der Waals surface area contributed by atoms with E-state index in [9.17, 15) is 9.59 Å². The number of rotatable bonds is 2. The smallest absolute Gasteiger partial charge is 0.308 e. The van der Waals surface area contributed by atoms with Crippen molar-refractivity contribution < 1.29 is 9.90 Å². The fourth-order valence-corrected chi connectivity index (χ4v) is 2.65. The summed E-state index contributed by atoms with van der Waals surface area (Å²) >= 11 is 0. The molecule has 1 fully saturated rings. The average Bonchev–Trinajstić information content (AvgIpc) is 2.40. The highest BCUT2D eigenvalue weighted by atomic mass is 16.4. The minimum atomic E-state index is -0.747. The highest BCUT2D eigenvalue weighted by Gasteiger charge is 2.26. The molecule has 1 aromatic rings. The summed E-state index contributed by atoms with van der Waals surface area (Å²) in [5, 5.41) is 9.13. The highest BCUT2D eigenvalue weighted by Crippen LogP contribution is 2.26. The number of carbonyl (C=O) groups is 1. The molecule has 2 rings (SSSR count). The first-order valence-corrected chi connectivity index (χ1v) is 6.56. The predicted octanol–water partition coefficient (Wildman–Crippen LogP) is 1.30. The lowest BCUT2D eigenvalue weighted by Gasteiger charge is -2.34. The van der Waals surface area contributed by atoms with E-state index >= 15 is 0 Å². The Balaban J connectivity index is 2.37. The molecule has 1 saturated heterocycles. The number of carboxylic acids is 1. The van der Waals surface area contributed by atoms with Gasteiger partial charge in [0.1, 0.15) is 0 Å². The van der Waals surface area contributed by atoms with Gasteiger partial charge < -0.3 is 14.6 Å². The fraction of sp³-hybridized carbons (Fsp3) is 0.571. The van der Waals surface area contributed by atoms with Gasteiger partial charge in [-0.25, -0.2) is 0 Å². The molecule has 0 bridgehead atoms. The number of nitrogens with zero attached hydrogens (tertiary/aromatic N) is 2. The van der Waals surface area contributed by atoms with Gasteiger partial charge in [0.15, 0.2) is 0 Å². The second kappa shape index (κ2) is 5.07.